The minimum atomic E-state index is -0.0674. The maximum absolute atomic E-state index is 10.1. The molecule has 1 fully saturated rings. The van der Waals surface area contributed by atoms with Crippen LogP contribution >= 0.6 is 0 Å². The number of hydrogen-bond acceptors (Lipinski definition) is 4. The molecule has 27 heavy (non-hydrogen) atoms. The monoisotopic (exact) mass is 364 g/mol. The molecule has 0 radical (unpaired) electrons. The number of ether oxygens (including phenoxy) is 2. The van der Waals surface area contributed by atoms with Crippen LogP contribution in [0.4, 0.5) is 0 Å². The zero-order valence-electron chi connectivity index (χ0n) is 15.4. The Bertz CT molecular complexity index is 960. The van der Waals surface area contributed by atoms with Gasteiger partial charge in [-0.2, -0.15) is 0 Å². The average molecular weight is 364 g/mol. The zero-order valence-corrected chi connectivity index (χ0v) is 15.4. The van der Waals surface area contributed by atoms with Crippen LogP contribution in [0.25, 0.3) is 10.8 Å². The fraction of sp³-hybridized carbons (Fsp3) is 0.304. The third-order valence-corrected chi connectivity index (χ3v) is 5.32. The van der Waals surface area contributed by atoms with Gasteiger partial charge in [0.1, 0.15) is 12.4 Å². The van der Waals surface area contributed by atoms with Crippen molar-refractivity contribution >= 4 is 10.8 Å². The average Bonchev–Trinajstić information content (AvgIpc) is 2.62. The molecule has 1 aliphatic carbocycles. The molecule has 0 bridgehead atoms. The Kier molecular flexibility index (Phi) is 4.90. The van der Waals surface area contributed by atoms with Gasteiger partial charge in [0.25, 0.3) is 0 Å². The van der Waals surface area contributed by atoms with Crippen molar-refractivity contribution in [2.75, 3.05) is 7.11 Å². The number of aromatic hydroxyl groups is 2. The second kappa shape index (κ2) is 7.49. The van der Waals surface area contributed by atoms with E-state index in [1.165, 1.54) is 6.42 Å². The van der Waals surface area contributed by atoms with E-state index in [1.54, 1.807) is 13.2 Å². The van der Waals surface area contributed by atoms with Gasteiger partial charge in [-0.15, -0.1) is 0 Å². The molecular formula is C23H24O4. The lowest BCUT2D eigenvalue weighted by atomic mass is 9.79. The zero-order chi connectivity index (χ0) is 18.8. The van der Waals surface area contributed by atoms with E-state index in [4.69, 9.17) is 9.47 Å². The molecule has 140 valence electrons. The van der Waals surface area contributed by atoms with Gasteiger partial charge >= 0.3 is 0 Å². The molecule has 0 atom stereocenters. The Hall–Kier alpha value is -2.72. The quantitative estimate of drug-likeness (QED) is 0.587. The first-order chi connectivity index (χ1) is 13.1. The first-order valence-corrected chi connectivity index (χ1v) is 9.33. The van der Waals surface area contributed by atoms with Gasteiger partial charge in [-0.1, -0.05) is 24.6 Å². The lowest BCUT2D eigenvalue weighted by Gasteiger charge is -2.27. The highest BCUT2D eigenvalue weighted by molar-refractivity contribution is 5.84. The van der Waals surface area contributed by atoms with Crippen LogP contribution < -0.4 is 4.74 Å². The molecule has 4 heteroatoms. The van der Waals surface area contributed by atoms with Crippen LogP contribution in [0.5, 0.6) is 17.2 Å². The van der Waals surface area contributed by atoms with Crippen molar-refractivity contribution in [3.8, 4) is 17.2 Å². The summed E-state index contributed by atoms with van der Waals surface area (Å²) in [4.78, 5) is 0. The lowest BCUT2D eigenvalue weighted by Crippen LogP contribution is -2.09. The molecule has 0 aromatic heterocycles. The van der Waals surface area contributed by atoms with Gasteiger partial charge in [-0.3, -0.25) is 0 Å². The Labute approximate surface area is 159 Å². The second-order valence-electron chi connectivity index (χ2n) is 7.25. The van der Waals surface area contributed by atoms with Crippen LogP contribution in [-0.2, 0) is 18.0 Å². The number of fused-ring (bicyclic) bond motifs is 1. The molecule has 0 amide bonds. The van der Waals surface area contributed by atoms with E-state index in [0.717, 1.165) is 46.1 Å². The van der Waals surface area contributed by atoms with Gasteiger partial charge in [0.05, 0.1) is 6.61 Å². The van der Waals surface area contributed by atoms with E-state index in [9.17, 15) is 10.2 Å². The van der Waals surface area contributed by atoms with Crippen molar-refractivity contribution in [1.29, 1.82) is 0 Å². The van der Waals surface area contributed by atoms with Crippen LogP contribution in [0.1, 0.15) is 41.9 Å². The van der Waals surface area contributed by atoms with E-state index < -0.39 is 0 Å². The number of phenolic OH excluding ortho intramolecular Hbond substituents is 2. The largest absolute Gasteiger partial charge is 0.504 e. The van der Waals surface area contributed by atoms with Gasteiger partial charge < -0.3 is 19.7 Å². The van der Waals surface area contributed by atoms with Crippen LogP contribution in [0.2, 0.25) is 0 Å². The molecule has 0 aliphatic heterocycles. The number of hydrogen-bond donors (Lipinski definition) is 2. The third kappa shape index (κ3) is 3.71. The molecule has 0 saturated heterocycles. The maximum Gasteiger partial charge on any atom is 0.160 e. The van der Waals surface area contributed by atoms with Crippen molar-refractivity contribution < 1.29 is 19.7 Å². The maximum atomic E-state index is 10.1. The van der Waals surface area contributed by atoms with E-state index in [-0.39, 0.29) is 11.5 Å². The summed E-state index contributed by atoms with van der Waals surface area (Å²) in [5.74, 6) is 1.07. The van der Waals surface area contributed by atoms with Crippen LogP contribution in [0, 0.1) is 0 Å². The summed E-state index contributed by atoms with van der Waals surface area (Å²) in [5, 5.41) is 22.4. The van der Waals surface area contributed by atoms with Crippen molar-refractivity contribution in [3.63, 3.8) is 0 Å². The summed E-state index contributed by atoms with van der Waals surface area (Å²) in [6.07, 6.45) is 3.30. The molecule has 4 nitrogen and oxygen atoms in total. The normalized spacial score (nSPS) is 14.3. The standard InChI is InChI=1S/C23H24O4/c1-26-13-15-5-6-19-12-20(8-7-18(19)9-15)27-14-16-10-21(17-3-2-4-17)23(25)22(24)11-16/h5-12,17,24-25H,2-4,13-14H2,1H3. The van der Waals surface area contributed by atoms with Gasteiger partial charge in [0.2, 0.25) is 0 Å². The summed E-state index contributed by atoms with van der Waals surface area (Å²) in [6, 6.07) is 15.8. The fourth-order valence-corrected chi connectivity index (χ4v) is 3.60. The van der Waals surface area contributed by atoms with Gasteiger partial charge in [0, 0.05) is 12.7 Å². The Morgan fingerprint density at radius 2 is 1.67 bits per heavy atom. The third-order valence-electron chi connectivity index (χ3n) is 5.32. The van der Waals surface area contributed by atoms with Crippen LogP contribution in [0.15, 0.2) is 48.5 Å². The number of methoxy groups -OCH3 is 1. The molecule has 0 unspecified atom stereocenters. The molecule has 3 aromatic rings. The van der Waals surface area contributed by atoms with Gasteiger partial charge in [0.15, 0.2) is 11.5 Å². The van der Waals surface area contributed by atoms with E-state index in [2.05, 4.69) is 18.2 Å². The molecule has 2 N–H and O–H groups in total. The van der Waals surface area contributed by atoms with Crippen molar-refractivity contribution in [1.82, 2.24) is 0 Å². The molecule has 0 heterocycles. The van der Waals surface area contributed by atoms with E-state index >= 15 is 0 Å². The van der Waals surface area contributed by atoms with Crippen molar-refractivity contribution in [2.24, 2.45) is 0 Å². The molecule has 3 aromatic carbocycles. The summed E-state index contributed by atoms with van der Waals surface area (Å²) in [5.41, 5.74) is 2.84. The topological polar surface area (TPSA) is 58.9 Å². The van der Waals surface area contributed by atoms with Crippen molar-refractivity contribution in [3.05, 3.63) is 65.2 Å². The number of benzene rings is 3. The number of phenols is 2. The van der Waals surface area contributed by atoms with Crippen LogP contribution in [-0.4, -0.2) is 17.3 Å². The van der Waals surface area contributed by atoms with Crippen LogP contribution in [0.3, 0.4) is 0 Å². The first kappa shape index (κ1) is 17.7. The van der Waals surface area contributed by atoms with E-state index in [1.807, 2.05) is 24.3 Å². The van der Waals surface area contributed by atoms with Gasteiger partial charge in [-0.25, -0.2) is 0 Å². The summed E-state index contributed by atoms with van der Waals surface area (Å²) in [6.45, 7) is 0.947. The highest BCUT2D eigenvalue weighted by Crippen LogP contribution is 2.44. The Morgan fingerprint density at radius 1 is 0.889 bits per heavy atom. The van der Waals surface area contributed by atoms with E-state index in [0.29, 0.717) is 19.1 Å². The first-order valence-electron chi connectivity index (χ1n) is 9.33. The predicted molar refractivity (Wildman–Crippen MR) is 105 cm³/mol. The molecular weight excluding hydrogens is 340 g/mol. The highest BCUT2D eigenvalue weighted by atomic mass is 16.5. The van der Waals surface area contributed by atoms with Gasteiger partial charge in [-0.05, 0) is 71.0 Å². The molecule has 4 rings (SSSR count). The summed E-state index contributed by atoms with van der Waals surface area (Å²) >= 11 is 0. The minimum absolute atomic E-state index is 0.0148. The summed E-state index contributed by atoms with van der Waals surface area (Å²) < 4.78 is 11.1. The SMILES string of the molecule is COCc1ccc2cc(OCc3cc(O)c(O)c(C4CCC4)c3)ccc2c1. The second-order valence-corrected chi connectivity index (χ2v) is 7.25. The molecule has 1 aliphatic rings. The highest BCUT2D eigenvalue weighted by Gasteiger charge is 2.24. The van der Waals surface area contributed by atoms with Crippen molar-refractivity contribution in [2.45, 2.75) is 38.4 Å². The molecule has 0 spiro atoms. The lowest BCUT2D eigenvalue weighted by molar-refractivity contribution is 0.185. The predicted octanol–water partition coefficient (Wildman–Crippen LogP) is 5.24. The number of rotatable bonds is 6. The summed E-state index contributed by atoms with van der Waals surface area (Å²) in [7, 11) is 1.69. The smallest absolute Gasteiger partial charge is 0.160 e. The Balaban J connectivity index is 1.51. The minimum Gasteiger partial charge on any atom is -0.504 e. The molecule has 1 saturated carbocycles. The Morgan fingerprint density at radius 3 is 2.41 bits per heavy atom. The fourth-order valence-electron chi connectivity index (χ4n) is 3.60.